The van der Waals surface area contributed by atoms with Crippen LogP contribution < -0.4 is 0 Å². The molecule has 0 unspecified atom stereocenters. The number of pyridine rings is 1. The van der Waals surface area contributed by atoms with Gasteiger partial charge in [0, 0.05) is 12.4 Å². The minimum atomic E-state index is -3.42. The number of aryl methyl sites for hydroxylation is 1. The van der Waals surface area contributed by atoms with Crippen molar-refractivity contribution in [1.29, 1.82) is 5.26 Å². The third-order valence-electron chi connectivity index (χ3n) is 3.50. The zero-order valence-corrected chi connectivity index (χ0v) is 13.5. The first-order chi connectivity index (χ1) is 11.6. The third-order valence-corrected chi connectivity index (χ3v) is 5.21. The third kappa shape index (κ3) is 3.50. The fourth-order valence-electron chi connectivity index (χ4n) is 2.21. The SMILES string of the molecule is N#Cc1ccc(S(=O)(=O)CCn2ccc(-c3ccccn3)n2)cc1. The largest absolute Gasteiger partial charge is 0.271 e. The molecule has 0 aliphatic heterocycles. The standard InChI is InChI=1S/C17H14N4O2S/c18-13-14-4-6-15(7-5-14)24(22,23)12-11-21-10-8-17(20-21)16-3-1-2-9-19-16/h1-10H,11-12H2. The zero-order valence-electron chi connectivity index (χ0n) is 12.7. The smallest absolute Gasteiger partial charge is 0.180 e. The first-order valence-corrected chi connectivity index (χ1v) is 8.91. The molecule has 24 heavy (non-hydrogen) atoms. The van der Waals surface area contributed by atoms with E-state index >= 15 is 0 Å². The number of aromatic nitrogens is 3. The Morgan fingerprint density at radius 2 is 1.83 bits per heavy atom. The van der Waals surface area contributed by atoms with Crippen LogP contribution in [0, 0.1) is 11.3 Å². The van der Waals surface area contributed by atoms with Gasteiger partial charge in [-0.15, -0.1) is 0 Å². The van der Waals surface area contributed by atoms with E-state index in [1.54, 1.807) is 23.1 Å². The van der Waals surface area contributed by atoms with Crippen LogP contribution in [0.1, 0.15) is 5.56 Å². The highest BCUT2D eigenvalue weighted by Gasteiger charge is 2.15. The van der Waals surface area contributed by atoms with E-state index in [0.29, 0.717) is 11.3 Å². The minimum Gasteiger partial charge on any atom is -0.271 e. The van der Waals surface area contributed by atoms with Gasteiger partial charge < -0.3 is 0 Å². The summed E-state index contributed by atoms with van der Waals surface area (Å²) in [7, 11) is -3.42. The van der Waals surface area contributed by atoms with E-state index in [4.69, 9.17) is 5.26 Å². The van der Waals surface area contributed by atoms with Crippen LogP contribution in [-0.2, 0) is 16.4 Å². The number of nitriles is 1. The van der Waals surface area contributed by atoms with Gasteiger partial charge >= 0.3 is 0 Å². The van der Waals surface area contributed by atoms with Crippen LogP contribution in [0.5, 0.6) is 0 Å². The van der Waals surface area contributed by atoms with Crippen LogP contribution in [0.3, 0.4) is 0 Å². The summed E-state index contributed by atoms with van der Waals surface area (Å²) in [5, 5.41) is 13.1. The molecule has 1 aromatic carbocycles. The lowest BCUT2D eigenvalue weighted by Gasteiger charge is -2.05. The van der Waals surface area contributed by atoms with Gasteiger partial charge in [-0.2, -0.15) is 10.4 Å². The van der Waals surface area contributed by atoms with Crippen molar-refractivity contribution in [3.63, 3.8) is 0 Å². The van der Waals surface area contributed by atoms with Gasteiger partial charge in [-0.25, -0.2) is 8.42 Å². The molecule has 120 valence electrons. The fraction of sp³-hybridized carbons (Fsp3) is 0.118. The summed E-state index contributed by atoms with van der Waals surface area (Å²) in [6.07, 6.45) is 3.42. The van der Waals surface area contributed by atoms with E-state index in [2.05, 4.69) is 10.1 Å². The Bertz CT molecular complexity index is 971. The van der Waals surface area contributed by atoms with E-state index in [1.807, 2.05) is 24.3 Å². The van der Waals surface area contributed by atoms with Crippen LogP contribution in [0.25, 0.3) is 11.4 Å². The molecule has 7 heteroatoms. The first-order valence-electron chi connectivity index (χ1n) is 7.26. The van der Waals surface area contributed by atoms with Crippen molar-refractivity contribution in [2.45, 2.75) is 11.4 Å². The molecule has 3 aromatic rings. The molecule has 0 bridgehead atoms. The maximum absolute atomic E-state index is 12.3. The van der Waals surface area contributed by atoms with Gasteiger partial charge in [0.25, 0.3) is 0 Å². The molecule has 2 heterocycles. The van der Waals surface area contributed by atoms with Gasteiger partial charge in [-0.3, -0.25) is 9.67 Å². The van der Waals surface area contributed by atoms with Crippen molar-refractivity contribution >= 4 is 9.84 Å². The number of hydrogen-bond acceptors (Lipinski definition) is 5. The molecular formula is C17H14N4O2S. The summed E-state index contributed by atoms with van der Waals surface area (Å²) in [6.45, 7) is 0.245. The predicted octanol–water partition coefficient (Wildman–Crippen LogP) is 2.29. The van der Waals surface area contributed by atoms with Crippen molar-refractivity contribution < 1.29 is 8.42 Å². The Morgan fingerprint density at radius 3 is 2.50 bits per heavy atom. The second-order valence-corrected chi connectivity index (χ2v) is 7.24. The molecule has 0 N–H and O–H groups in total. The second-order valence-electron chi connectivity index (χ2n) is 5.13. The van der Waals surface area contributed by atoms with Gasteiger partial charge in [-0.05, 0) is 42.5 Å². The van der Waals surface area contributed by atoms with Crippen LogP contribution in [0.15, 0.2) is 65.8 Å². The highest BCUT2D eigenvalue weighted by Crippen LogP contribution is 2.15. The van der Waals surface area contributed by atoms with Crippen LogP contribution in [-0.4, -0.2) is 28.9 Å². The summed E-state index contributed by atoms with van der Waals surface area (Å²) < 4.78 is 26.3. The molecule has 0 atom stereocenters. The molecule has 0 spiro atoms. The molecule has 6 nitrogen and oxygen atoms in total. The van der Waals surface area contributed by atoms with Crippen LogP contribution in [0.4, 0.5) is 0 Å². The Labute approximate surface area is 139 Å². The zero-order chi connectivity index (χ0) is 17.0. The molecule has 0 saturated carbocycles. The molecule has 0 saturated heterocycles. The fourth-order valence-corrected chi connectivity index (χ4v) is 3.42. The quantitative estimate of drug-likeness (QED) is 0.712. The Kier molecular flexibility index (Phi) is 4.40. The highest BCUT2D eigenvalue weighted by molar-refractivity contribution is 7.91. The number of benzene rings is 1. The average molecular weight is 338 g/mol. The van der Waals surface area contributed by atoms with E-state index in [-0.39, 0.29) is 17.2 Å². The summed E-state index contributed by atoms with van der Waals surface area (Å²) in [6, 6.07) is 15.2. The Balaban J connectivity index is 1.71. The Hall–Kier alpha value is -2.98. The molecule has 0 amide bonds. The molecule has 0 radical (unpaired) electrons. The number of hydrogen-bond donors (Lipinski definition) is 0. The lowest BCUT2D eigenvalue weighted by molar-refractivity contribution is 0.581. The average Bonchev–Trinajstić information content (AvgIpc) is 3.10. The summed E-state index contributed by atoms with van der Waals surface area (Å²) >= 11 is 0. The van der Waals surface area contributed by atoms with Crippen molar-refractivity contribution in [3.05, 3.63) is 66.5 Å². The number of rotatable bonds is 5. The molecule has 0 fully saturated rings. The topological polar surface area (TPSA) is 88.6 Å². The molecular weight excluding hydrogens is 324 g/mol. The van der Waals surface area contributed by atoms with Gasteiger partial charge in [0.1, 0.15) is 5.69 Å². The van der Waals surface area contributed by atoms with Crippen LogP contribution in [0.2, 0.25) is 0 Å². The molecule has 3 rings (SSSR count). The van der Waals surface area contributed by atoms with Crippen molar-refractivity contribution in [3.8, 4) is 17.5 Å². The Morgan fingerprint density at radius 1 is 1.04 bits per heavy atom. The second kappa shape index (κ2) is 6.64. The van der Waals surface area contributed by atoms with Crippen molar-refractivity contribution in [2.75, 3.05) is 5.75 Å². The predicted molar refractivity (Wildman–Crippen MR) is 88.7 cm³/mol. The van der Waals surface area contributed by atoms with E-state index < -0.39 is 9.84 Å². The van der Waals surface area contributed by atoms with Gasteiger partial charge in [0.2, 0.25) is 0 Å². The number of sulfone groups is 1. The van der Waals surface area contributed by atoms with E-state index in [0.717, 1.165) is 5.69 Å². The van der Waals surface area contributed by atoms with Crippen molar-refractivity contribution in [2.24, 2.45) is 0 Å². The van der Waals surface area contributed by atoms with Gasteiger partial charge in [0.15, 0.2) is 9.84 Å². The summed E-state index contributed by atoms with van der Waals surface area (Å²) in [5.41, 5.74) is 1.87. The minimum absolute atomic E-state index is 0.0672. The summed E-state index contributed by atoms with van der Waals surface area (Å²) in [4.78, 5) is 4.42. The molecule has 0 aliphatic rings. The lowest BCUT2D eigenvalue weighted by atomic mass is 10.2. The van der Waals surface area contributed by atoms with Crippen molar-refractivity contribution in [1.82, 2.24) is 14.8 Å². The molecule has 2 aromatic heterocycles. The normalized spacial score (nSPS) is 11.1. The van der Waals surface area contributed by atoms with E-state index in [9.17, 15) is 8.42 Å². The lowest BCUT2D eigenvalue weighted by Crippen LogP contribution is -2.13. The first kappa shape index (κ1) is 15.9. The van der Waals surface area contributed by atoms with E-state index in [1.165, 1.54) is 24.3 Å². The van der Waals surface area contributed by atoms with Gasteiger partial charge in [0.05, 0.1) is 34.5 Å². The maximum atomic E-state index is 12.3. The van der Waals surface area contributed by atoms with Gasteiger partial charge in [-0.1, -0.05) is 6.07 Å². The maximum Gasteiger partial charge on any atom is 0.180 e. The monoisotopic (exact) mass is 338 g/mol. The number of nitrogens with zero attached hydrogens (tertiary/aromatic N) is 4. The highest BCUT2D eigenvalue weighted by atomic mass is 32.2. The molecule has 0 aliphatic carbocycles. The van der Waals surface area contributed by atoms with Crippen LogP contribution >= 0.6 is 0 Å². The summed E-state index contributed by atoms with van der Waals surface area (Å²) in [5.74, 6) is -0.0672.